The van der Waals surface area contributed by atoms with Gasteiger partial charge in [0.25, 0.3) is 0 Å². The van der Waals surface area contributed by atoms with Gasteiger partial charge >= 0.3 is 0 Å². The number of hydrogen-bond donors (Lipinski definition) is 1. The zero-order chi connectivity index (χ0) is 13.8. The summed E-state index contributed by atoms with van der Waals surface area (Å²) in [6, 6.07) is 0. The largest absolute Gasteiger partial charge is 0.381 e. The van der Waals surface area contributed by atoms with Gasteiger partial charge in [0, 0.05) is 18.9 Å². The molecule has 1 N–H and O–H groups in total. The van der Waals surface area contributed by atoms with Crippen LogP contribution in [0.1, 0.15) is 50.2 Å². The molecule has 0 aromatic carbocycles. The van der Waals surface area contributed by atoms with Crippen LogP contribution in [0.5, 0.6) is 0 Å². The molecule has 3 rings (SSSR count). The van der Waals surface area contributed by atoms with Crippen LogP contribution in [-0.2, 0) is 11.2 Å². The molecule has 3 atom stereocenters. The molecule has 1 aromatic heterocycles. The standard InChI is InChI=1S/C15H25N3O2/c1-11(12-4-2-6-16-9-12)8-14-17-15(18-20-14)13-5-3-7-19-10-13/h11-13,16H,2-10H2,1H3. The highest BCUT2D eigenvalue weighted by Gasteiger charge is 2.24. The maximum atomic E-state index is 5.49. The smallest absolute Gasteiger partial charge is 0.226 e. The number of hydrogen-bond acceptors (Lipinski definition) is 5. The van der Waals surface area contributed by atoms with Crippen molar-refractivity contribution in [3.8, 4) is 0 Å². The SMILES string of the molecule is CC(Cc1nc(C2CCCOC2)no1)C1CCCNC1. The van der Waals surface area contributed by atoms with E-state index in [0.717, 1.165) is 63.2 Å². The molecule has 112 valence electrons. The lowest BCUT2D eigenvalue weighted by Crippen LogP contribution is -2.33. The molecule has 0 radical (unpaired) electrons. The Labute approximate surface area is 120 Å². The van der Waals surface area contributed by atoms with Gasteiger partial charge in [-0.2, -0.15) is 4.98 Å². The van der Waals surface area contributed by atoms with Crippen molar-refractivity contribution in [1.82, 2.24) is 15.5 Å². The summed E-state index contributed by atoms with van der Waals surface area (Å²) < 4.78 is 10.9. The van der Waals surface area contributed by atoms with Crippen molar-refractivity contribution < 1.29 is 9.26 Å². The minimum Gasteiger partial charge on any atom is -0.381 e. The van der Waals surface area contributed by atoms with E-state index in [1.807, 2.05) is 0 Å². The monoisotopic (exact) mass is 279 g/mol. The lowest BCUT2D eigenvalue weighted by molar-refractivity contribution is 0.0773. The first kappa shape index (κ1) is 14.0. The molecule has 2 aliphatic rings. The number of ether oxygens (including phenoxy) is 1. The third-order valence-corrected chi connectivity index (χ3v) is 4.65. The summed E-state index contributed by atoms with van der Waals surface area (Å²) >= 11 is 0. The van der Waals surface area contributed by atoms with Crippen LogP contribution < -0.4 is 5.32 Å². The summed E-state index contributed by atoms with van der Waals surface area (Å²) in [7, 11) is 0. The molecule has 1 aromatic rings. The van der Waals surface area contributed by atoms with Crippen LogP contribution in [0.2, 0.25) is 0 Å². The zero-order valence-electron chi connectivity index (χ0n) is 12.3. The van der Waals surface area contributed by atoms with E-state index in [1.54, 1.807) is 0 Å². The van der Waals surface area contributed by atoms with Crippen LogP contribution in [-0.4, -0.2) is 36.4 Å². The summed E-state index contributed by atoms with van der Waals surface area (Å²) in [5.41, 5.74) is 0. The molecule has 2 aliphatic heterocycles. The molecule has 3 heterocycles. The topological polar surface area (TPSA) is 60.2 Å². The molecule has 0 saturated carbocycles. The summed E-state index contributed by atoms with van der Waals surface area (Å²) in [4.78, 5) is 4.59. The van der Waals surface area contributed by atoms with Crippen LogP contribution in [0, 0.1) is 11.8 Å². The molecule has 2 fully saturated rings. The second kappa shape index (κ2) is 6.68. The highest BCUT2D eigenvalue weighted by atomic mass is 16.5. The molecular weight excluding hydrogens is 254 g/mol. The molecule has 5 nitrogen and oxygen atoms in total. The average Bonchev–Trinajstić information content (AvgIpc) is 2.97. The third kappa shape index (κ3) is 3.38. The molecular formula is C15H25N3O2. The van der Waals surface area contributed by atoms with E-state index in [-0.39, 0.29) is 0 Å². The fourth-order valence-corrected chi connectivity index (χ4v) is 3.27. The van der Waals surface area contributed by atoms with Crippen molar-refractivity contribution >= 4 is 0 Å². The molecule has 20 heavy (non-hydrogen) atoms. The fourth-order valence-electron chi connectivity index (χ4n) is 3.27. The lowest BCUT2D eigenvalue weighted by atomic mass is 9.85. The molecule has 0 aliphatic carbocycles. The Balaban J connectivity index is 1.56. The quantitative estimate of drug-likeness (QED) is 0.915. The maximum Gasteiger partial charge on any atom is 0.226 e. The molecule has 2 saturated heterocycles. The average molecular weight is 279 g/mol. The molecule has 0 spiro atoms. The lowest BCUT2D eigenvalue weighted by Gasteiger charge is -2.27. The van der Waals surface area contributed by atoms with E-state index >= 15 is 0 Å². The number of nitrogens with zero attached hydrogens (tertiary/aromatic N) is 2. The van der Waals surface area contributed by atoms with Gasteiger partial charge in [0.1, 0.15) is 0 Å². The molecule has 0 amide bonds. The van der Waals surface area contributed by atoms with Gasteiger partial charge in [-0.15, -0.1) is 0 Å². The second-order valence-electron chi connectivity index (χ2n) is 6.25. The van der Waals surface area contributed by atoms with Crippen LogP contribution in [0.25, 0.3) is 0 Å². The van der Waals surface area contributed by atoms with Gasteiger partial charge in [-0.3, -0.25) is 0 Å². The number of aromatic nitrogens is 2. The Morgan fingerprint density at radius 3 is 3.05 bits per heavy atom. The van der Waals surface area contributed by atoms with Gasteiger partial charge in [0.05, 0.1) is 6.61 Å². The first-order valence-electron chi connectivity index (χ1n) is 7.94. The predicted molar refractivity (Wildman–Crippen MR) is 75.6 cm³/mol. The van der Waals surface area contributed by atoms with Crippen molar-refractivity contribution in [3.05, 3.63) is 11.7 Å². The minimum absolute atomic E-state index is 0.327. The first-order valence-corrected chi connectivity index (χ1v) is 7.94. The Morgan fingerprint density at radius 2 is 2.30 bits per heavy atom. The second-order valence-corrected chi connectivity index (χ2v) is 6.25. The van der Waals surface area contributed by atoms with Crippen molar-refractivity contribution in [2.45, 2.75) is 44.9 Å². The van der Waals surface area contributed by atoms with Gasteiger partial charge in [-0.05, 0) is 50.6 Å². The van der Waals surface area contributed by atoms with Crippen LogP contribution >= 0.6 is 0 Å². The third-order valence-electron chi connectivity index (χ3n) is 4.65. The van der Waals surface area contributed by atoms with Crippen molar-refractivity contribution in [2.24, 2.45) is 11.8 Å². The fraction of sp³-hybridized carbons (Fsp3) is 0.867. The molecule has 5 heteroatoms. The van der Waals surface area contributed by atoms with E-state index in [1.165, 1.54) is 12.8 Å². The normalized spacial score (nSPS) is 29.2. The zero-order valence-corrected chi connectivity index (χ0v) is 12.3. The Morgan fingerprint density at radius 1 is 1.35 bits per heavy atom. The number of rotatable bonds is 4. The van der Waals surface area contributed by atoms with Crippen LogP contribution in [0.3, 0.4) is 0 Å². The molecule has 0 bridgehead atoms. The van der Waals surface area contributed by atoms with Gasteiger partial charge < -0.3 is 14.6 Å². The van der Waals surface area contributed by atoms with Crippen molar-refractivity contribution in [1.29, 1.82) is 0 Å². The van der Waals surface area contributed by atoms with E-state index < -0.39 is 0 Å². The molecule has 3 unspecified atom stereocenters. The summed E-state index contributed by atoms with van der Waals surface area (Å²) in [5.74, 6) is 3.29. The summed E-state index contributed by atoms with van der Waals surface area (Å²) in [6.45, 7) is 6.19. The number of piperidine rings is 1. The summed E-state index contributed by atoms with van der Waals surface area (Å²) in [5, 5.41) is 7.63. The van der Waals surface area contributed by atoms with Gasteiger partial charge in [-0.1, -0.05) is 12.1 Å². The minimum atomic E-state index is 0.327. The van der Waals surface area contributed by atoms with Gasteiger partial charge in [-0.25, -0.2) is 0 Å². The van der Waals surface area contributed by atoms with E-state index in [4.69, 9.17) is 9.26 Å². The highest BCUT2D eigenvalue weighted by Crippen LogP contribution is 2.25. The Bertz CT molecular complexity index is 409. The number of nitrogens with one attached hydrogen (secondary N) is 1. The van der Waals surface area contributed by atoms with Crippen molar-refractivity contribution in [3.63, 3.8) is 0 Å². The van der Waals surface area contributed by atoms with Crippen LogP contribution in [0.15, 0.2) is 4.52 Å². The predicted octanol–water partition coefficient (Wildman–Crippen LogP) is 2.14. The highest BCUT2D eigenvalue weighted by molar-refractivity contribution is 4.97. The van der Waals surface area contributed by atoms with E-state index in [9.17, 15) is 0 Å². The van der Waals surface area contributed by atoms with Crippen LogP contribution in [0.4, 0.5) is 0 Å². The first-order chi connectivity index (χ1) is 9.83. The maximum absolute atomic E-state index is 5.49. The van der Waals surface area contributed by atoms with Crippen molar-refractivity contribution in [2.75, 3.05) is 26.3 Å². The van der Waals surface area contributed by atoms with E-state index in [0.29, 0.717) is 11.8 Å². The Hall–Kier alpha value is -0.940. The Kier molecular flexibility index (Phi) is 4.68. The summed E-state index contributed by atoms with van der Waals surface area (Å²) in [6.07, 6.45) is 5.70. The van der Waals surface area contributed by atoms with Gasteiger partial charge in [0.2, 0.25) is 5.89 Å². The van der Waals surface area contributed by atoms with Gasteiger partial charge in [0.15, 0.2) is 5.82 Å². The van der Waals surface area contributed by atoms with E-state index in [2.05, 4.69) is 22.4 Å².